The molecule has 178 valence electrons. The van der Waals surface area contributed by atoms with Gasteiger partial charge in [0.2, 0.25) is 0 Å². The molecule has 4 aromatic rings. The van der Waals surface area contributed by atoms with Gasteiger partial charge in [0, 0.05) is 24.0 Å². The molecular weight excluding hydrogens is 456 g/mol. The first-order valence-corrected chi connectivity index (χ1v) is 11.3. The maximum Gasteiger partial charge on any atom is 0.386 e. The van der Waals surface area contributed by atoms with E-state index < -0.39 is 11.9 Å². The topological polar surface area (TPSA) is 86.7 Å². The number of hydrogen-bond donors (Lipinski definition) is 0. The number of benzene rings is 4. The number of Topliss-reactive ketones (excluding diaryl/α,β-unsaturated/α-hetero) is 2. The Bertz CT molecular complexity index is 1280. The number of carbonyl (C=O) groups is 4. The lowest BCUT2D eigenvalue weighted by atomic mass is 9.99. The average molecular weight is 479 g/mol. The number of ketones is 2. The molecule has 4 rings (SSSR count). The van der Waals surface area contributed by atoms with E-state index >= 15 is 0 Å². The Morgan fingerprint density at radius 1 is 0.444 bits per heavy atom. The van der Waals surface area contributed by atoms with E-state index in [2.05, 4.69) is 0 Å². The molecular formula is C30H22O6. The van der Waals surface area contributed by atoms with Gasteiger partial charge in [-0.1, -0.05) is 97.1 Å². The van der Waals surface area contributed by atoms with E-state index in [1.807, 2.05) is 12.1 Å². The highest BCUT2D eigenvalue weighted by Gasteiger charge is 2.21. The van der Waals surface area contributed by atoms with Crippen molar-refractivity contribution in [1.82, 2.24) is 0 Å². The van der Waals surface area contributed by atoms with Gasteiger partial charge in [0.1, 0.15) is 0 Å². The van der Waals surface area contributed by atoms with E-state index in [-0.39, 0.29) is 35.5 Å². The fourth-order valence-corrected chi connectivity index (χ4v) is 3.71. The predicted octanol–water partition coefficient (Wildman–Crippen LogP) is 5.47. The van der Waals surface area contributed by atoms with Crippen LogP contribution in [0.15, 0.2) is 109 Å². The normalized spacial score (nSPS) is 10.3. The molecule has 0 spiro atoms. The summed E-state index contributed by atoms with van der Waals surface area (Å²) in [5.41, 5.74) is 2.16. The van der Waals surface area contributed by atoms with Crippen LogP contribution in [-0.2, 0) is 22.6 Å². The molecule has 36 heavy (non-hydrogen) atoms. The molecule has 0 N–H and O–H groups in total. The van der Waals surface area contributed by atoms with E-state index in [0.717, 1.165) is 0 Å². The molecule has 0 bridgehead atoms. The zero-order valence-electron chi connectivity index (χ0n) is 19.3. The zero-order chi connectivity index (χ0) is 25.3. The Morgan fingerprint density at radius 3 is 1.17 bits per heavy atom. The summed E-state index contributed by atoms with van der Waals surface area (Å²) in [6.45, 7) is 0. The third kappa shape index (κ3) is 5.98. The third-order valence-corrected chi connectivity index (χ3v) is 5.56. The molecule has 0 heterocycles. The minimum absolute atomic E-state index is 0.0202. The zero-order valence-corrected chi connectivity index (χ0v) is 19.3. The van der Waals surface area contributed by atoms with Crippen LogP contribution in [0.25, 0.3) is 0 Å². The second-order valence-corrected chi connectivity index (χ2v) is 7.99. The maximum atomic E-state index is 12.7. The van der Waals surface area contributed by atoms with Crippen molar-refractivity contribution in [2.24, 2.45) is 0 Å². The summed E-state index contributed by atoms with van der Waals surface area (Å²) >= 11 is 0. The molecule has 0 aliphatic carbocycles. The van der Waals surface area contributed by atoms with Crippen molar-refractivity contribution in [2.75, 3.05) is 0 Å². The van der Waals surface area contributed by atoms with Crippen molar-refractivity contribution in [2.45, 2.75) is 12.8 Å². The lowest BCUT2D eigenvalue weighted by molar-refractivity contribution is -0.187. The summed E-state index contributed by atoms with van der Waals surface area (Å²) < 4.78 is 0. The second-order valence-electron chi connectivity index (χ2n) is 7.99. The highest BCUT2D eigenvalue weighted by Crippen LogP contribution is 2.17. The molecule has 0 unspecified atom stereocenters. The van der Waals surface area contributed by atoms with E-state index in [9.17, 15) is 19.2 Å². The van der Waals surface area contributed by atoms with Crippen LogP contribution in [0.3, 0.4) is 0 Å². The Morgan fingerprint density at radius 2 is 0.778 bits per heavy atom. The van der Waals surface area contributed by atoms with Gasteiger partial charge >= 0.3 is 11.9 Å². The number of hydrogen-bond acceptors (Lipinski definition) is 6. The van der Waals surface area contributed by atoms with E-state index in [1.165, 1.54) is 12.1 Å². The Balaban J connectivity index is 1.43. The van der Waals surface area contributed by atoms with Crippen LogP contribution < -0.4 is 0 Å². The fraction of sp³-hybridized carbons (Fsp3) is 0.0667. The fourth-order valence-electron chi connectivity index (χ4n) is 3.71. The molecule has 0 aromatic heterocycles. The van der Waals surface area contributed by atoms with E-state index in [1.54, 1.807) is 84.9 Å². The van der Waals surface area contributed by atoms with Crippen LogP contribution in [0.1, 0.15) is 52.6 Å². The highest BCUT2D eigenvalue weighted by atomic mass is 17.2. The van der Waals surface area contributed by atoms with Gasteiger partial charge in [-0.3, -0.25) is 9.59 Å². The molecule has 0 aliphatic heterocycles. The number of carbonyl (C=O) groups excluding carboxylic acids is 4. The Labute approximate surface area is 208 Å². The molecule has 0 radical (unpaired) electrons. The molecule has 6 nitrogen and oxygen atoms in total. The van der Waals surface area contributed by atoms with Gasteiger partial charge in [0.15, 0.2) is 11.6 Å². The van der Waals surface area contributed by atoms with Gasteiger partial charge in [-0.05, 0) is 23.3 Å². The van der Waals surface area contributed by atoms with Crippen molar-refractivity contribution in [3.8, 4) is 0 Å². The van der Waals surface area contributed by atoms with Gasteiger partial charge in [0.25, 0.3) is 0 Å². The van der Waals surface area contributed by atoms with Gasteiger partial charge in [-0.2, -0.15) is 0 Å². The molecule has 0 fully saturated rings. The summed E-state index contributed by atoms with van der Waals surface area (Å²) in [5.74, 6) is -2.13. The minimum Gasteiger partial charge on any atom is -0.294 e. The van der Waals surface area contributed by atoms with Gasteiger partial charge in [-0.15, -0.1) is 0 Å². The molecule has 0 atom stereocenters. The average Bonchev–Trinajstić information content (AvgIpc) is 2.93. The van der Waals surface area contributed by atoms with Crippen molar-refractivity contribution in [3.05, 3.63) is 143 Å². The minimum atomic E-state index is -0.905. The standard InChI is InChI=1S/C30H22O6/c31-27(21-11-3-1-4-12-21)19-23-15-7-9-17-25(23)29(33)35-36-30(34)26-18-10-8-16-24(26)20-28(32)22-13-5-2-6-14-22/h1-18H,19-20H2. The molecule has 0 saturated heterocycles. The van der Waals surface area contributed by atoms with Crippen molar-refractivity contribution >= 4 is 23.5 Å². The monoisotopic (exact) mass is 478 g/mol. The summed E-state index contributed by atoms with van der Waals surface area (Å²) in [4.78, 5) is 60.3. The van der Waals surface area contributed by atoms with Crippen LogP contribution in [0.4, 0.5) is 0 Å². The van der Waals surface area contributed by atoms with E-state index in [4.69, 9.17) is 9.78 Å². The van der Waals surface area contributed by atoms with Gasteiger partial charge in [0.05, 0.1) is 11.1 Å². The first-order valence-electron chi connectivity index (χ1n) is 11.3. The predicted molar refractivity (Wildman–Crippen MR) is 133 cm³/mol. The first-order chi connectivity index (χ1) is 17.5. The molecule has 0 aliphatic rings. The van der Waals surface area contributed by atoms with Crippen LogP contribution in [0.2, 0.25) is 0 Å². The van der Waals surface area contributed by atoms with Crippen LogP contribution in [0, 0.1) is 0 Å². The summed E-state index contributed by atoms with van der Waals surface area (Å²) in [6, 6.07) is 30.4. The summed E-state index contributed by atoms with van der Waals surface area (Å²) in [7, 11) is 0. The SMILES string of the molecule is O=C(Cc1ccccc1C(=O)OOC(=O)c1ccccc1CC(=O)c1ccccc1)c1ccccc1. The van der Waals surface area contributed by atoms with Crippen LogP contribution in [-0.4, -0.2) is 23.5 Å². The quantitative estimate of drug-likeness (QED) is 0.190. The summed E-state index contributed by atoms with van der Waals surface area (Å²) in [6.07, 6.45) is -0.0403. The molecule has 6 heteroatoms. The maximum absolute atomic E-state index is 12.7. The smallest absolute Gasteiger partial charge is 0.294 e. The molecule has 0 saturated carbocycles. The van der Waals surface area contributed by atoms with Gasteiger partial charge in [-0.25, -0.2) is 19.4 Å². The lowest BCUT2D eigenvalue weighted by Crippen LogP contribution is -2.16. The van der Waals surface area contributed by atoms with Crippen LogP contribution in [0.5, 0.6) is 0 Å². The van der Waals surface area contributed by atoms with Crippen LogP contribution >= 0.6 is 0 Å². The summed E-state index contributed by atoms with van der Waals surface area (Å²) in [5, 5.41) is 0. The van der Waals surface area contributed by atoms with Crippen molar-refractivity contribution in [3.63, 3.8) is 0 Å². The van der Waals surface area contributed by atoms with Crippen molar-refractivity contribution in [1.29, 1.82) is 0 Å². The second kappa shape index (κ2) is 11.5. The lowest BCUT2D eigenvalue weighted by Gasteiger charge is -2.10. The van der Waals surface area contributed by atoms with Gasteiger partial charge < -0.3 is 0 Å². The third-order valence-electron chi connectivity index (χ3n) is 5.56. The number of rotatable bonds is 8. The van der Waals surface area contributed by atoms with Crippen molar-refractivity contribution < 1.29 is 29.0 Å². The molecule has 4 aromatic carbocycles. The first kappa shape index (κ1) is 24.3. The largest absolute Gasteiger partial charge is 0.386 e. The Kier molecular flexibility index (Phi) is 7.78. The highest BCUT2D eigenvalue weighted by molar-refractivity contribution is 6.01. The Hall–Kier alpha value is -4.84. The molecule has 0 amide bonds. The van der Waals surface area contributed by atoms with E-state index in [0.29, 0.717) is 22.3 Å².